The van der Waals surface area contributed by atoms with E-state index in [0.29, 0.717) is 18.7 Å². The Morgan fingerprint density at radius 3 is 2.41 bits per heavy atom. The smallest absolute Gasteiger partial charge is 0.253 e. The standard InChI is InChI=1S/C13H20N2O2/c1-3-14-12-7-5-11(6-8-12)13(17)15(4-2)9-10-16/h5-8,14,16H,3-4,9-10H2,1-2H3. The molecular weight excluding hydrogens is 216 g/mol. The van der Waals surface area contributed by atoms with Crippen LogP contribution in [0.5, 0.6) is 0 Å². The Kier molecular flexibility index (Phi) is 5.49. The topological polar surface area (TPSA) is 52.6 Å². The van der Waals surface area contributed by atoms with Crippen LogP contribution in [0.1, 0.15) is 24.2 Å². The third-order valence-corrected chi connectivity index (χ3v) is 2.55. The van der Waals surface area contributed by atoms with Gasteiger partial charge in [0.05, 0.1) is 6.61 Å². The first-order valence-corrected chi connectivity index (χ1v) is 5.97. The molecule has 4 heteroatoms. The number of benzene rings is 1. The van der Waals surface area contributed by atoms with E-state index in [9.17, 15) is 4.79 Å². The molecule has 17 heavy (non-hydrogen) atoms. The maximum Gasteiger partial charge on any atom is 0.253 e. The lowest BCUT2D eigenvalue weighted by molar-refractivity contribution is 0.0732. The van der Waals surface area contributed by atoms with E-state index in [0.717, 1.165) is 12.2 Å². The summed E-state index contributed by atoms with van der Waals surface area (Å²) in [5.41, 5.74) is 1.66. The van der Waals surface area contributed by atoms with E-state index in [-0.39, 0.29) is 12.5 Å². The lowest BCUT2D eigenvalue weighted by Crippen LogP contribution is -2.33. The fraction of sp³-hybridized carbons (Fsp3) is 0.462. The first-order valence-electron chi connectivity index (χ1n) is 5.97. The van der Waals surface area contributed by atoms with Crippen LogP contribution in [0.3, 0.4) is 0 Å². The van der Waals surface area contributed by atoms with Gasteiger partial charge >= 0.3 is 0 Å². The summed E-state index contributed by atoms with van der Waals surface area (Å²) in [6.45, 7) is 5.77. The number of aliphatic hydroxyl groups excluding tert-OH is 1. The van der Waals surface area contributed by atoms with Crippen LogP contribution in [0.4, 0.5) is 5.69 Å². The molecular formula is C13H20N2O2. The number of nitrogens with zero attached hydrogens (tertiary/aromatic N) is 1. The maximum absolute atomic E-state index is 12.0. The maximum atomic E-state index is 12.0. The average molecular weight is 236 g/mol. The van der Waals surface area contributed by atoms with Gasteiger partial charge in [-0.1, -0.05) is 0 Å². The van der Waals surface area contributed by atoms with E-state index in [1.165, 1.54) is 0 Å². The number of hydrogen-bond acceptors (Lipinski definition) is 3. The minimum atomic E-state index is -0.0374. The van der Waals surface area contributed by atoms with Gasteiger partial charge in [0.25, 0.3) is 5.91 Å². The second-order valence-corrected chi connectivity index (χ2v) is 3.72. The number of hydrogen-bond donors (Lipinski definition) is 2. The molecule has 0 saturated heterocycles. The monoisotopic (exact) mass is 236 g/mol. The van der Waals surface area contributed by atoms with Crippen molar-refractivity contribution in [3.05, 3.63) is 29.8 Å². The zero-order valence-electron chi connectivity index (χ0n) is 10.4. The number of rotatable bonds is 6. The van der Waals surface area contributed by atoms with Gasteiger partial charge in [-0.25, -0.2) is 0 Å². The van der Waals surface area contributed by atoms with Crippen LogP contribution in [0.15, 0.2) is 24.3 Å². The highest BCUT2D eigenvalue weighted by Crippen LogP contribution is 2.11. The summed E-state index contributed by atoms with van der Waals surface area (Å²) in [6, 6.07) is 7.40. The van der Waals surface area contributed by atoms with Crippen LogP contribution in [0.25, 0.3) is 0 Å². The lowest BCUT2D eigenvalue weighted by Gasteiger charge is -2.19. The Morgan fingerprint density at radius 2 is 1.94 bits per heavy atom. The molecule has 0 bridgehead atoms. The molecule has 4 nitrogen and oxygen atoms in total. The van der Waals surface area contributed by atoms with Crippen molar-refractivity contribution >= 4 is 11.6 Å². The fourth-order valence-corrected chi connectivity index (χ4v) is 1.64. The van der Waals surface area contributed by atoms with E-state index in [1.54, 1.807) is 17.0 Å². The summed E-state index contributed by atoms with van der Waals surface area (Å²) >= 11 is 0. The number of carbonyl (C=O) groups is 1. The van der Waals surface area contributed by atoms with Crippen LogP contribution >= 0.6 is 0 Å². The zero-order valence-corrected chi connectivity index (χ0v) is 10.4. The average Bonchev–Trinajstić information content (AvgIpc) is 2.36. The molecule has 94 valence electrons. The molecule has 1 rings (SSSR count). The molecule has 0 aliphatic carbocycles. The van der Waals surface area contributed by atoms with Crippen LogP contribution in [-0.4, -0.2) is 42.2 Å². The van der Waals surface area contributed by atoms with E-state index in [1.807, 2.05) is 26.0 Å². The predicted octanol–water partition coefficient (Wildman–Crippen LogP) is 1.57. The Bertz CT molecular complexity index is 349. The summed E-state index contributed by atoms with van der Waals surface area (Å²) < 4.78 is 0. The highest BCUT2D eigenvalue weighted by Gasteiger charge is 2.12. The van der Waals surface area contributed by atoms with Crippen LogP contribution in [0.2, 0.25) is 0 Å². The van der Waals surface area contributed by atoms with Crippen molar-refractivity contribution in [1.82, 2.24) is 4.90 Å². The Morgan fingerprint density at radius 1 is 1.29 bits per heavy atom. The molecule has 0 fully saturated rings. The van der Waals surface area contributed by atoms with Gasteiger partial charge in [-0.05, 0) is 38.1 Å². The van der Waals surface area contributed by atoms with Crippen molar-refractivity contribution in [2.45, 2.75) is 13.8 Å². The number of nitrogens with one attached hydrogen (secondary N) is 1. The normalized spacial score (nSPS) is 10.1. The van der Waals surface area contributed by atoms with E-state index >= 15 is 0 Å². The molecule has 1 aromatic carbocycles. The van der Waals surface area contributed by atoms with Crippen molar-refractivity contribution in [3.63, 3.8) is 0 Å². The van der Waals surface area contributed by atoms with Crippen molar-refractivity contribution in [2.24, 2.45) is 0 Å². The fourth-order valence-electron chi connectivity index (χ4n) is 1.64. The molecule has 0 atom stereocenters. The summed E-state index contributed by atoms with van der Waals surface area (Å²) in [6.07, 6.45) is 0. The summed E-state index contributed by atoms with van der Waals surface area (Å²) in [5, 5.41) is 12.1. The number of likely N-dealkylation sites (N-methyl/N-ethyl adjacent to an activating group) is 1. The first kappa shape index (κ1) is 13.5. The van der Waals surface area contributed by atoms with Crippen molar-refractivity contribution in [1.29, 1.82) is 0 Å². The third kappa shape index (κ3) is 3.75. The second kappa shape index (κ2) is 6.91. The summed E-state index contributed by atoms with van der Waals surface area (Å²) in [4.78, 5) is 13.7. The largest absolute Gasteiger partial charge is 0.395 e. The molecule has 0 saturated carbocycles. The van der Waals surface area contributed by atoms with Gasteiger partial charge in [-0.2, -0.15) is 0 Å². The number of amides is 1. The molecule has 0 spiro atoms. The first-order chi connectivity index (χ1) is 8.22. The number of aliphatic hydroxyl groups is 1. The quantitative estimate of drug-likeness (QED) is 0.788. The van der Waals surface area contributed by atoms with Crippen molar-refractivity contribution < 1.29 is 9.90 Å². The molecule has 0 heterocycles. The van der Waals surface area contributed by atoms with E-state index < -0.39 is 0 Å². The van der Waals surface area contributed by atoms with Gasteiger partial charge in [0.2, 0.25) is 0 Å². The van der Waals surface area contributed by atoms with Crippen LogP contribution in [0, 0.1) is 0 Å². The van der Waals surface area contributed by atoms with Crippen molar-refractivity contribution in [3.8, 4) is 0 Å². The van der Waals surface area contributed by atoms with E-state index in [4.69, 9.17) is 5.11 Å². The zero-order chi connectivity index (χ0) is 12.7. The Balaban J connectivity index is 2.74. The third-order valence-electron chi connectivity index (χ3n) is 2.55. The second-order valence-electron chi connectivity index (χ2n) is 3.72. The molecule has 0 aromatic heterocycles. The SMILES string of the molecule is CCNc1ccc(C(=O)N(CC)CCO)cc1. The molecule has 0 unspecified atom stereocenters. The van der Waals surface area contributed by atoms with E-state index in [2.05, 4.69) is 5.32 Å². The summed E-state index contributed by atoms with van der Waals surface area (Å²) in [5.74, 6) is -0.0374. The molecule has 0 radical (unpaired) electrons. The predicted molar refractivity (Wildman–Crippen MR) is 69.3 cm³/mol. The van der Waals surface area contributed by atoms with Gasteiger partial charge in [0, 0.05) is 30.9 Å². The van der Waals surface area contributed by atoms with Gasteiger partial charge in [0.15, 0.2) is 0 Å². The molecule has 0 aliphatic heterocycles. The highest BCUT2D eigenvalue weighted by atomic mass is 16.3. The lowest BCUT2D eigenvalue weighted by atomic mass is 10.2. The molecule has 0 aliphatic rings. The van der Waals surface area contributed by atoms with Gasteiger partial charge in [-0.15, -0.1) is 0 Å². The minimum Gasteiger partial charge on any atom is -0.395 e. The molecule has 1 amide bonds. The number of anilines is 1. The summed E-state index contributed by atoms with van der Waals surface area (Å²) in [7, 11) is 0. The Hall–Kier alpha value is -1.55. The van der Waals surface area contributed by atoms with Crippen LogP contribution < -0.4 is 5.32 Å². The van der Waals surface area contributed by atoms with Crippen LogP contribution in [-0.2, 0) is 0 Å². The van der Waals surface area contributed by atoms with Gasteiger partial charge in [0.1, 0.15) is 0 Å². The van der Waals surface area contributed by atoms with Gasteiger partial charge < -0.3 is 15.3 Å². The minimum absolute atomic E-state index is 0.00491. The van der Waals surface area contributed by atoms with Gasteiger partial charge in [-0.3, -0.25) is 4.79 Å². The molecule has 2 N–H and O–H groups in total. The highest BCUT2D eigenvalue weighted by molar-refractivity contribution is 5.94. The number of carbonyl (C=O) groups excluding carboxylic acids is 1. The Labute approximate surface area is 102 Å². The molecule has 1 aromatic rings. The van der Waals surface area contributed by atoms with Crippen molar-refractivity contribution in [2.75, 3.05) is 31.6 Å².